The maximum absolute atomic E-state index is 5.18. The van der Waals surface area contributed by atoms with Gasteiger partial charge in [-0.05, 0) is 123 Å². The van der Waals surface area contributed by atoms with Crippen LogP contribution in [0.5, 0.6) is 0 Å². The van der Waals surface area contributed by atoms with E-state index >= 15 is 0 Å². The molecule has 0 saturated carbocycles. The van der Waals surface area contributed by atoms with E-state index in [4.69, 9.17) is 4.98 Å². The molecule has 0 spiro atoms. The van der Waals surface area contributed by atoms with Gasteiger partial charge in [0.2, 0.25) is 0 Å². The predicted octanol–water partition coefficient (Wildman–Crippen LogP) is 11.4. The van der Waals surface area contributed by atoms with Gasteiger partial charge in [0, 0.05) is 5.69 Å². The fourth-order valence-electron chi connectivity index (χ4n) is 7.75. The number of nitrogens with zero attached hydrogens (tertiary/aromatic N) is 2. The smallest absolute Gasteiger partial charge is 0.141 e. The minimum absolute atomic E-state index is 0.938. The summed E-state index contributed by atoms with van der Waals surface area (Å²) in [5.41, 5.74) is 14.2. The normalized spacial score (nSPS) is 14.7. The van der Waals surface area contributed by atoms with E-state index in [1.165, 1.54) is 66.1 Å². The van der Waals surface area contributed by atoms with E-state index in [1.54, 1.807) is 0 Å². The topological polar surface area (TPSA) is 17.8 Å². The average molecular weight is 591 g/mol. The van der Waals surface area contributed by atoms with Crippen LogP contribution in [0.1, 0.15) is 52.9 Å². The van der Waals surface area contributed by atoms with Gasteiger partial charge in [0.15, 0.2) is 0 Å². The molecular weight excluding hydrogens is 556 g/mol. The van der Waals surface area contributed by atoms with Gasteiger partial charge in [-0.3, -0.25) is 4.57 Å². The van der Waals surface area contributed by atoms with Crippen LogP contribution in [-0.4, -0.2) is 9.55 Å². The molecule has 0 radical (unpaired) electrons. The van der Waals surface area contributed by atoms with Crippen molar-refractivity contribution in [2.75, 3.05) is 0 Å². The minimum atomic E-state index is 0.938. The molecular formula is C44H34N2. The molecule has 2 aliphatic rings. The highest BCUT2D eigenvalue weighted by atomic mass is 15.1. The maximum atomic E-state index is 5.18. The Hall–Kier alpha value is -5.47. The van der Waals surface area contributed by atoms with Crippen LogP contribution >= 0.6 is 0 Å². The van der Waals surface area contributed by atoms with Gasteiger partial charge in [0.05, 0.1) is 11.0 Å². The van der Waals surface area contributed by atoms with Crippen molar-refractivity contribution in [3.05, 3.63) is 167 Å². The van der Waals surface area contributed by atoms with Crippen LogP contribution in [0.15, 0.2) is 133 Å². The fourth-order valence-corrected chi connectivity index (χ4v) is 7.75. The number of aromatic nitrogens is 2. The third-order valence-electron chi connectivity index (χ3n) is 9.88. The minimum Gasteiger partial charge on any atom is -0.293 e. The van der Waals surface area contributed by atoms with Gasteiger partial charge in [0.25, 0.3) is 0 Å². The molecule has 9 rings (SSSR count). The Morgan fingerprint density at radius 2 is 1.15 bits per heavy atom. The largest absolute Gasteiger partial charge is 0.293 e. The Morgan fingerprint density at radius 1 is 0.543 bits per heavy atom. The first-order valence-corrected chi connectivity index (χ1v) is 16.4. The predicted molar refractivity (Wildman–Crippen MR) is 195 cm³/mol. The number of fused-ring (bicyclic) bond motifs is 4. The summed E-state index contributed by atoms with van der Waals surface area (Å²) in [6, 6.07) is 44.2. The van der Waals surface area contributed by atoms with E-state index in [0.29, 0.717) is 0 Å². The highest BCUT2D eigenvalue weighted by Gasteiger charge is 2.23. The third-order valence-corrected chi connectivity index (χ3v) is 9.88. The van der Waals surface area contributed by atoms with Crippen molar-refractivity contribution < 1.29 is 0 Å². The number of allylic oxidation sites excluding steroid dienone is 5. The molecule has 0 atom stereocenters. The third kappa shape index (κ3) is 4.36. The molecule has 7 aromatic rings. The van der Waals surface area contributed by atoms with E-state index < -0.39 is 0 Å². The summed E-state index contributed by atoms with van der Waals surface area (Å²) in [6.45, 7) is 2.15. The van der Waals surface area contributed by atoms with E-state index in [0.717, 1.165) is 48.2 Å². The van der Waals surface area contributed by atoms with Crippen molar-refractivity contribution in [2.45, 2.75) is 32.6 Å². The number of aryl methyl sites for hydroxylation is 2. The second-order valence-corrected chi connectivity index (χ2v) is 12.7. The number of benzene rings is 6. The van der Waals surface area contributed by atoms with Gasteiger partial charge in [-0.2, -0.15) is 0 Å². The molecule has 0 saturated heterocycles. The van der Waals surface area contributed by atoms with Crippen molar-refractivity contribution >= 4 is 55.4 Å². The van der Waals surface area contributed by atoms with Gasteiger partial charge >= 0.3 is 0 Å². The summed E-state index contributed by atoms with van der Waals surface area (Å²) in [5.74, 6) is 1.04. The van der Waals surface area contributed by atoms with Gasteiger partial charge in [-0.25, -0.2) is 4.98 Å². The van der Waals surface area contributed by atoms with Crippen LogP contribution in [0.2, 0.25) is 0 Å². The molecule has 220 valence electrons. The molecule has 0 fully saturated rings. The van der Waals surface area contributed by atoms with E-state index in [2.05, 4.69) is 151 Å². The molecule has 0 bridgehead atoms. The molecule has 46 heavy (non-hydrogen) atoms. The molecule has 0 amide bonds. The fraction of sp³-hybridized carbons (Fsp3) is 0.114. The Kier molecular flexibility index (Phi) is 6.35. The Bertz CT molecular complexity index is 2370. The number of imidazole rings is 1. The highest BCUT2D eigenvalue weighted by molar-refractivity contribution is 6.17. The summed E-state index contributed by atoms with van der Waals surface area (Å²) in [4.78, 5) is 5.18. The second-order valence-electron chi connectivity index (χ2n) is 12.7. The average Bonchev–Trinajstić information content (AvgIpc) is 3.50. The lowest BCUT2D eigenvalue weighted by Gasteiger charge is -2.24. The molecule has 0 N–H and O–H groups in total. The van der Waals surface area contributed by atoms with E-state index in [9.17, 15) is 0 Å². The summed E-state index contributed by atoms with van der Waals surface area (Å²) in [5, 5.41) is 5.37. The van der Waals surface area contributed by atoms with Gasteiger partial charge in [-0.15, -0.1) is 0 Å². The lowest BCUT2D eigenvalue weighted by molar-refractivity contribution is 0.989. The quantitative estimate of drug-likeness (QED) is 0.186. The van der Waals surface area contributed by atoms with Crippen molar-refractivity contribution in [2.24, 2.45) is 0 Å². The highest BCUT2D eigenvalue weighted by Crippen LogP contribution is 2.45. The van der Waals surface area contributed by atoms with E-state index in [-0.39, 0.29) is 0 Å². The lowest BCUT2D eigenvalue weighted by Crippen LogP contribution is -2.04. The summed E-state index contributed by atoms with van der Waals surface area (Å²) in [7, 11) is 0. The van der Waals surface area contributed by atoms with Crippen molar-refractivity contribution in [3.8, 4) is 5.69 Å². The van der Waals surface area contributed by atoms with Crippen LogP contribution in [-0.2, 0) is 6.42 Å². The van der Waals surface area contributed by atoms with Crippen LogP contribution in [0.25, 0.3) is 61.1 Å². The number of para-hydroxylation sites is 2. The number of hydrogen-bond donors (Lipinski definition) is 0. The molecule has 2 aliphatic carbocycles. The first kappa shape index (κ1) is 26.9. The van der Waals surface area contributed by atoms with Crippen LogP contribution < -0.4 is 0 Å². The molecule has 1 heterocycles. The number of hydrogen-bond acceptors (Lipinski definition) is 1. The Labute approximate surface area is 269 Å². The molecule has 6 aromatic carbocycles. The van der Waals surface area contributed by atoms with Gasteiger partial charge in [0.1, 0.15) is 5.82 Å². The lowest BCUT2D eigenvalue weighted by atomic mass is 9.80. The van der Waals surface area contributed by atoms with Crippen LogP contribution in [0, 0.1) is 6.92 Å². The summed E-state index contributed by atoms with van der Waals surface area (Å²) in [6.07, 6.45) is 11.2. The molecule has 0 aliphatic heterocycles. The van der Waals surface area contributed by atoms with Crippen molar-refractivity contribution in [1.29, 1.82) is 0 Å². The zero-order valence-electron chi connectivity index (χ0n) is 26.0. The molecule has 2 heteroatoms. The van der Waals surface area contributed by atoms with Crippen LogP contribution in [0.3, 0.4) is 0 Å². The van der Waals surface area contributed by atoms with Crippen molar-refractivity contribution in [1.82, 2.24) is 9.55 Å². The monoisotopic (exact) mass is 590 g/mol. The molecule has 2 nitrogen and oxygen atoms in total. The second kappa shape index (κ2) is 10.9. The van der Waals surface area contributed by atoms with Gasteiger partial charge in [-0.1, -0.05) is 115 Å². The molecule has 1 aromatic heterocycles. The first-order chi connectivity index (χ1) is 22.7. The zero-order valence-corrected chi connectivity index (χ0v) is 26.0. The Morgan fingerprint density at radius 3 is 1.87 bits per heavy atom. The standard InChI is InChI=1S/C44H34N2/c1-29-11-10-14-35(27-29)46-41-20-9-8-19-40(41)45-44(46)32-24-22-31(23-25-32)42-36-15-4-6-17-38(36)43(39-18-7-5-16-37(39)42)34-26-21-30-12-2-3-13-33(30)28-34/h2-20,22,24,27-28H,21,23,25-26H2,1H3. The number of rotatable bonds is 4. The summed E-state index contributed by atoms with van der Waals surface area (Å²) < 4.78 is 2.34. The first-order valence-electron chi connectivity index (χ1n) is 16.4. The van der Waals surface area contributed by atoms with Crippen molar-refractivity contribution in [3.63, 3.8) is 0 Å². The maximum Gasteiger partial charge on any atom is 0.141 e. The Balaban J connectivity index is 1.22. The zero-order chi connectivity index (χ0) is 30.6. The van der Waals surface area contributed by atoms with Crippen LogP contribution in [0.4, 0.5) is 0 Å². The summed E-state index contributed by atoms with van der Waals surface area (Å²) >= 11 is 0. The molecule has 0 unspecified atom stereocenters. The van der Waals surface area contributed by atoms with E-state index in [1.807, 2.05) is 0 Å². The van der Waals surface area contributed by atoms with Gasteiger partial charge < -0.3 is 0 Å². The SMILES string of the molecule is Cc1cccc(-n2c(C3=CC=C(c4c5ccccc5c(C5=Cc6ccccc6CC5)c5ccccc45)CC3)nc3ccccc32)c1.